The van der Waals surface area contributed by atoms with Gasteiger partial charge in [0.25, 0.3) is 0 Å². The van der Waals surface area contributed by atoms with Gasteiger partial charge in [0.15, 0.2) is 0 Å². The van der Waals surface area contributed by atoms with Crippen molar-refractivity contribution in [3.63, 3.8) is 0 Å². The second kappa shape index (κ2) is 10.1. The second-order valence-electron chi connectivity index (χ2n) is 9.76. The van der Waals surface area contributed by atoms with E-state index >= 15 is 0 Å². The van der Waals surface area contributed by atoms with Crippen molar-refractivity contribution < 1.29 is 14.6 Å². The number of carbonyl (C=O) groups is 1. The highest BCUT2D eigenvalue weighted by Crippen LogP contribution is 2.40. The van der Waals surface area contributed by atoms with Crippen LogP contribution in [0.4, 0.5) is 11.5 Å². The minimum atomic E-state index is -0.500. The van der Waals surface area contributed by atoms with E-state index in [9.17, 15) is 4.79 Å². The summed E-state index contributed by atoms with van der Waals surface area (Å²) in [5.74, 6) is 0.235. The molecule has 6 nitrogen and oxygen atoms in total. The second-order valence-corrected chi connectivity index (χ2v) is 10.6. The van der Waals surface area contributed by atoms with E-state index in [0.29, 0.717) is 11.2 Å². The Hall–Kier alpha value is -1.34. The summed E-state index contributed by atoms with van der Waals surface area (Å²) in [6.07, 6.45) is 2.31. The van der Waals surface area contributed by atoms with Crippen molar-refractivity contribution in [1.82, 2.24) is 4.98 Å². The number of nitrogens with two attached hydrogens (primary N) is 1. The van der Waals surface area contributed by atoms with E-state index in [1.54, 1.807) is 20.8 Å². The topological polar surface area (TPSA) is 88.7 Å². The van der Waals surface area contributed by atoms with Crippen LogP contribution in [-0.2, 0) is 16.0 Å². The number of pyridine rings is 1. The van der Waals surface area contributed by atoms with E-state index in [0.717, 1.165) is 47.3 Å². The highest BCUT2D eigenvalue weighted by atomic mass is 79.9. The number of piperidine rings is 1. The smallest absolute Gasteiger partial charge is 0.310 e. The Morgan fingerprint density at radius 1 is 1.31 bits per heavy atom. The van der Waals surface area contributed by atoms with Crippen molar-refractivity contribution in [3.05, 3.63) is 15.7 Å². The molecule has 29 heavy (non-hydrogen) atoms. The maximum absolute atomic E-state index is 12.2. The number of hydrogen-bond donors (Lipinski definition) is 2. The van der Waals surface area contributed by atoms with Crippen molar-refractivity contribution in [2.24, 2.45) is 5.41 Å². The van der Waals surface area contributed by atoms with Gasteiger partial charge in [0, 0.05) is 24.3 Å². The Balaban J connectivity index is 0.000000749. The number of esters is 1. The van der Waals surface area contributed by atoms with Crippen molar-refractivity contribution >= 4 is 33.4 Å². The number of ether oxygens (including phenoxy) is 1. The van der Waals surface area contributed by atoms with Gasteiger partial charge in [0.05, 0.1) is 28.3 Å². The Bertz CT molecular complexity index is 696. The third kappa shape index (κ3) is 8.91. The summed E-state index contributed by atoms with van der Waals surface area (Å²) in [7, 11) is 0. The van der Waals surface area contributed by atoms with Gasteiger partial charge in [-0.25, -0.2) is 4.98 Å². The van der Waals surface area contributed by atoms with Gasteiger partial charge in [0.1, 0.15) is 5.82 Å². The van der Waals surface area contributed by atoms with E-state index < -0.39 is 5.60 Å². The molecule has 0 unspecified atom stereocenters. The minimum Gasteiger partial charge on any atom is -0.463 e. The number of anilines is 2. The van der Waals surface area contributed by atoms with Gasteiger partial charge in [-0.3, -0.25) is 4.79 Å². The average Bonchev–Trinajstić information content (AvgIpc) is 2.51. The molecule has 1 aliphatic heterocycles. The highest BCUT2D eigenvalue weighted by molar-refractivity contribution is 9.10. The van der Waals surface area contributed by atoms with E-state index in [1.165, 1.54) is 0 Å². The van der Waals surface area contributed by atoms with Crippen LogP contribution in [0.15, 0.2) is 4.47 Å². The van der Waals surface area contributed by atoms with Crippen LogP contribution in [0.2, 0.25) is 0 Å². The molecule has 0 amide bonds. The lowest BCUT2D eigenvalue weighted by Crippen LogP contribution is -2.38. The lowest BCUT2D eigenvalue weighted by molar-refractivity contribution is -0.146. The zero-order valence-corrected chi connectivity index (χ0v) is 20.8. The van der Waals surface area contributed by atoms with Gasteiger partial charge < -0.3 is 20.5 Å². The molecule has 1 aromatic rings. The van der Waals surface area contributed by atoms with Gasteiger partial charge in [-0.2, -0.15) is 0 Å². The first-order chi connectivity index (χ1) is 13.1. The number of carbonyl (C=O) groups excluding carboxylic acids is 1. The van der Waals surface area contributed by atoms with Crippen molar-refractivity contribution in [3.8, 4) is 0 Å². The van der Waals surface area contributed by atoms with Crippen molar-refractivity contribution in [2.75, 3.05) is 23.7 Å². The summed E-state index contributed by atoms with van der Waals surface area (Å²) >= 11 is 3.59. The highest BCUT2D eigenvalue weighted by Gasteiger charge is 2.29. The fourth-order valence-corrected chi connectivity index (χ4v) is 3.63. The molecule has 0 aromatic carbocycles. The molecule has 0 saturated carbocycles. The molecule has 7 heteroatoms. The number of halogens is 1. The zero-order chi connectivity index (χ0) is 22.6. The molecule has 1 saturated heterocycles. The molecule has 2 heterocycles. The number of aliphatic hydroxyl groups is 1. The lowest BCUT2D eigenvalue weighted by atomic mass is 9.82. The predicted octanol–water partition coefficient (Wildman–Crippen LogP) is 4.63. The van der Waals surface area contributed by atoms with Crippen LogP contribution in [0.1, 0.15) is 72.6 Å². The molecule has 166 valence electrons. The quantitative estimate of drug-likeness (QED) is 0.621. The molecule has 0 spiro atoms. The molecule has 0 radical (unpaired) electrons. The van der Waals surface area contributed by atoms with Crippen LogP contribution in [0.5, 0.6) is 0 Å². The van der Waals surface area contributed by atoms with Crippen molar-refractivity contribution in [1.29, 1.82) is 0 Å². The largest absolute Gasteiger partial charge is 0.463 e. The minimum absolute atomic E-state index is 0.123. The van der Waals surface area contributed by atoms with E-state index in [2.05, 4.69) is 39.7 Å². The summed E-state index contributed by atoms with van der Waals surface area (Å²) in [5.41, 5.74) is 8.60. The van der Waals surface area contributed by atoms with Gasteiger partial charge in [-0.1, -0.05) is 13.8 Å². The number of nitrogen functional groups attached to an aromatic ring is 1. The molecular weight excluding hydrogens is 434 g/mol. The van der Waals surface area contributed by atoms with Crippen LogP contribution in [0, 0.1) is 12.3 Å². The zero-order valence-electron chi connectivity index (χ0n) is 19.2. The van der Waals surface area contributed by atoms with E-state index in [1.807, 2.05) is 20.8 Å². The first-order valence-corrected chi connectivity index (χ1v) is 11.0. The van der Waals surface area contributed by atoms with Gasteiger partial charge in [-0.05, 0) is 75.7 Å². The number of aryl methyl sites for hydroxylation is 1. The molecule has 2 rings (SSSR count). The summed E-state index contributed by atoms with van der Waals surface area (Å²) < 4.78 is 6.10. The molecule has 1 aliphatic rings. The summed E-state index contributed by atoms with van der Waals surface area (Å²) in [5, 5.41) is 8.52. The monoisotopic (exact) mass is 471 g/mol. The average molecular weight is 472 g/mol. The Morgan fingerprint density at radius 3 is 2.24 bits per heavy atom. The summed E-state index contributed by atoms with van der Waals surface area (Å²) in [6, 6.07) is 0. The van der Waals surface area contributed by atoms with E-state index in [-0.39, 0.29) is 18.5 Å². The summed E-state index contributed by atoms with van der Waals surface area (Å²) in [4.78, 5) is 18.9. The maximum Gasteiger partial charge on any atom is 0.310 e. The molecule has 0 atom stereocenters. The van der Waals surface area contributed by atoms with Crippen LogP contribution >= 0.6 is 15.9 Å². The van der Waals surface area contributed by atoms with Crippen molar-refractivity contribution in [2.45, 2.75) is 86.4 Å². The molecule has 1 aromatic heterocycles. The van der Waals surface area contributed by atoms with Gasteiger partial charge in [-0.15, -0.1) is 0 Å². The number of hydrogen-bond acceptors (Lipinski definition) is 6. The number of rotatable bonds is 4. The molecule has 1 fully saturated rings. The fourth-order valence-electron chi connectivity index (χ4n) is 3.05. The predicted molar refractivity (Wildman–Crippen MR) is 123 cm³/mol. The molecular formula is C22H38BrN3O3. The van der Waals surface area contributed by atoms with Crippen LogP contribution in [0.25, 0.3) is 0 Å². The Labute approximate surface area is 184 Å². The lowest BCUT2D eigenvalue weighted by Gasteiger charge is -2.39. The maximum atomic E-state index is 12.2. The summed E-state index contributed by atoms with van der Waals surface area (Å²) in [6.45, 7) is 17.3. The number of nitrogens with zero attached hydrogens (tertiary/aromatic N) is 2. The third-order valence-corrected chi connectivity index (χ3v) is 5.35. The van der Waals surface area contributed by atoms with Crippen LogP contribution < -0.4 is 10.6 Å². The van der Waals surface area contributed by atoms with Gasteiger partial charge in [0.2, 0.25) is 0 Å². The molecule has 0 aliphatic carbocycles. The van der Waals surface area contributed by atoms with Gasteiger partial charge >= 0.3 is 5.97 Å². The third-order valence-electron chi connectivity index (χ3n) is 4.57. The first-order valence-electron chi connectivity index (χ1n) is 10.2. The number of aromatic nitrogens is 1. The SMILES string of the molecule is CC(C)(C)O.Cc1nc(N)c(Br)c(N2CCC(C)(C)CC2)c1CC(=O)OC(C)C. The first kappa shape index (κ1) is 25.7. The van der Waals surface area contributed by atoms with E-state index in [4.69, 9.17) is 15.6 Å². The van der Waals surface area contributed by atoms with Crippen LogP contribution in [0.3, 0.4) is 0 Å². The standard InChI is InChI=1S/C18H28BrN3O2.C4H10O/c1-11(2)24-14(23)10-13-12(3)21-17(20)15(19)16(13)22-8-6-18(4,5)7-9-22;1-4(2,3)5/h11H,6-10H2,1-5H3,(H2,20,21);5H,1-3H3. The Morgan fingerprint density at radius 2 is 1.79 bits per heavy atom. The molecule has 0 bridgehead atoms. The normalized spacial score (nSPS) is 16.3. The Kier molecular flexibility index (Phi) is 8.96. The fraction of sp³-hybridized carbons (Fsp3) is 0.727. The molecule has 3 N–H and O–H groups in total. The van der Waals surface area contributed by atoms with Crippen LogP contribution in [-0.4, -0.2) is 40.9 Å².